The van der Waals surface area contributed by atoms with Crippen molar-refractivity contribution in [1.82, 2.24) is 19.7 Å². The summed E-state index contributed by atoms with van der Waals surface area (Å²) >= 11 is 0. The summed E-state index contributed by atoms with van der Waals surface area (Å²) in [5, 5.41) is 1.24. The van der Waals surface area contributed by atoms with E-state index in [4.69, 9.17) is 0 Å². The molecule has 1 aliphatic rings. The van der Waals surface area contributed by atoms with E-state index in [2.05, 4.69) is 54.0 Å². The molecule has 0 unspecified atom stereocenters. The van der Waals surface area contributed by atoms with Gasteiger partial charge in [0, 0.05) is 49.2 Å². The van der Waals surface area contributed by atoms with Gasteiger partial charge in [-0.25, -0.2) is 0 Å². The fourth-order valence-electron chi connectivity index (χ4n) is 3.74. The third-order valence-electron chi connectivity index (χ3n) is 5.56. The molecule has 2 heterocycles. The molecule has 1 fully saturated rings. The Morgan fingerprint density at radius 1 is 1.32 bits per heavy atom. The lowest BCUT2D eigenvalue weighted by Gasteiger charge is -2.25. The number of likely N-dealkylation sites (tertiary alicyclic amines) is 1. The molecule has 0 saturated carbocycles. The average molecular weight is 342 g/mol. The lowest BCUT2D eigenvalue weighted by atomic mass is 10.1. The standard InChI is InChI=1S/C20H30N4O/c1-15-17-7-5-6-8-18(17)21-19(15)14-24(4)20(25)10-12-23(3)16-9-11-22(2)13-16/h5-8,16,21H,9-14H2,1-4H3/t16-/m0/s1. The van der Waals surface area contributed by atoms with Gasteiger partial charge < -0.3 is 19.7 Å². The van der Waals surface area contributed by atoms with Crippen molar-refractivity contribution in [1.29, 1.82) is 0 Å². The number of hydrogen-bond donors (Lipinski definition) is 1. The Kier molecular flexibility index (Phi) is 5.45. The summed E-state index contributed by atoms with van der Waals surface area (Å²) in [6, 6.07) is 8.88. The van der Waals surface area contributed by atoms with Crippen LogP contribution in [-0.4, -0.2) is 72.4 Å². The number of aryl methyl sites for hydroxylation is 1. The highest BCUT2D eigenvalue weighted by Gasteiger charge is 2.23. The van der Waals surface area contributed by atoms with Gasteiger partial charge in [0.2, 0.25) is 5.91 Å². The van der Waals surface area contributed by atoms with Gasteiger partial charge in [0.15, 0.2) is 0 Å². The first-order valence-electron chi connectivity index (χ1n) is 9.14. The second kappa shape index (κ2) is 7.58. The third-order valence-corrected chi connectivity index (χ3v) is 5.56. The minimum Gasteiger partial charge on any atom is -0.357 e. The van der Waals surface area contributed by atoms with Crippen LogP contribution in [0.15, 0.2) is 24.3 Å². The molecule has 0 aliphatic carbocycles. The van der Waals surface area contributed by atoms with E-state index in [-0.39, 0.29) is 5.91 Å². The number of amides is 1. The molecule has 3 rings (SSSR count). The lowest BCUT2D eigenvalue weighted by molar-refractivity contribution is -0.130. The van der Waals surface area contributed by atoms with E-state index in [0.717, 1.165) is 30.8 Å². The summed E-state index contributed by atoms with van der Waals surface area (Å²) in [5.41, 5.74) is 3.50. The third kappa shape index (κ3) is 4.05. The van der Waals surface area contributed by atoms with Crippen LogP contribution in [0.4, 0.5) is 0 Å². The molecular formula is C20H30N4O. The maximum atomic E-state index is 12.5. The number of nitrogens with zero attached hydrogens (tertiary/aromatic N) is 3. The van der Waals surface area contributed by atoms with Crippen LogP contribution in [0.25, 0.3) is 10.9 Å². The first-order chi connectivity index (χ1) is 12.0. The molecule has 5 heteroatoms. The van der Waals surface area contributed by atoms with Gasteiger partial charge in [-0.2, -0.15) is 0 Å². The number of rotatable bonds is 6. The van der Waals surface area contributed by atoms with Crippen molar-refractivity contribution in [2.24, 2.45) is 0 Å². The topological polar surface area (TPSA) is 42.6 Å². The maximum absolute atomic E-state index is 12.5. The van der Waals surface area contributed by atoms with Gasteiger partial charge in [0.1, 0.15) is 0 Å². The Balaban J connectivity index is 1.54. The number of carbonyl (C=O) groups is 1. The zero-order chi connectivity index (χ0) is 18.0. The van der Waals surface area contributed by atoms with Crippen molar-refractivity contribution < 1.29 is 4.79 Å². The fourth-order valence-corrected chi connectivity index (χ4v) is 3.74. The number of aromatic amines is 1. The van der Waals surface area contributed by atoms with Crippen LogP contribution in [0.5, 0.6) is 0 Å². The number of para-hydroxylation sites is 1. The van der Waals surface area contributed by atoms with E-state index in [1.54, 1.807) is 0 Å². The van der Waals surface area contributed by atoms with Crippen molar-refractivity contribution in [2.45, 2.75) is 32.4 Å². The zero-order valence-corrected chi connectivity index (χ0v) is 15.9. The second-order valence-electron chi connectivity index (χ2n) is 7.46. The number of hydrogen-bond acceptors (Lipinski definition) is 3. The first kappa shape index (κ1) is 18.0. The van der Waals surface area contributed by atoms with Crippen molar-refractivity contribution in [3.05, 3.63) is 35.5 Å². The van der Waals surface area contributed by atoms with Gasteiger partial charge in [0.25, 0.3) is 0 Å². The van der Waals surface area contributed by atoms with Crippen molar-refractivity contribution in [3.8, 4) is 0 Å². The monoisotopic (exact) mass is 342 g/mol. The van der Waals surface area contributed by atoms with Crippen LogP contribution >= 0.6 is 0 Å². The van der Waals surface area contributed by atoms with Crippen molar-refractivity contribution in [2.75, 3.05) is 40.8 Å². The quantitative estimate of drug-likeness (QED) is 0.877. The summed E-state index contributed by atoms with van der Waals surface area (Å²) in [6.07, 6.45) is 1.78. The highest BCUT2D eigenvalue weighted by atomic mass is 16.2. The molecule has 1 amide bonds. The van der Waals surface area contributed by atoms with E-state index < -0.39 is 0 Å². The predicted molar refractivity (Wildman–Crippen MR) is 103 cm³/mol. The molecular weight excluding hydrogens is 312 g/mol. The van der Waals surface area contributed by atoms with E-state index in [1.165, 1.54) is 17.4 Å². The highest BCUT2D eigenvalue weighted by Crippen LogP contribution is 2.22. The Morgan fingerprint density at radius 2 is 2.08 bits per heavy atom. The van der Waals surface area contributed by atoms with E-state index >= 15 is 0 Å². The lowest BCUT2D eigenvalue weighted by Crippen LogP contribution is -2.37. The van der Waals surface area contributed by atoms with E-state index in [1.807, 2.05) is 18.0 Å². The molecule has 1 saturated heterocycles. The minimum absolute atomic E-state index is 0.205. The molecule has 1 aromatic carbocycles. The van der Waals surface area contributed by atoms with E-state index in [9.17, 15) is 4.79 Å². The molecule has 0 bridgehead atoms. The molecule has 0 radical (unpaired) electrons. The van der Waals surface area contributed by atoms with Crippen LogP contribution in [0.1, 0.15) is 24.1 Å². The van der Waals surface area contributed by atoms with E-state index in [0.29, 0.717) is 19.0 Å². The molecule has 25 heavy (non-hydrogen) atoms. The van der Waals surface area contributed by atoms with Crippen LogP contribution in [0.3, 0.4) is 0 Å². The summed E-state index contributed by atoms with van der Waals surface area (Å²) in [4.78, 5) is 22.5. The van der Waals surface area contributed by atoms with Gasteiger partial charge in [0.05, 0.1) is 6.54 Å². The Labute approximate surface area is 150 Å². The smallest absolute Gasteiger partial charge is 0.223 e. The Hall–Kier alpha value is -1.85. The molecule has 1 aliphatic heterocycles. The van der Waals surface area contributed by atoms with Crippen LogP contribution in [-0.2, 0) is 11.3 Å². The van der Waals surface area contributed by atoms with Crippen molar-refractivity contribution >= 4 is 16.8 Å². The van der Waals surface area contributed by atoms with Gasteiger partial charge in [-0.3, -0.25) is 4.79 Å². The Bertz CT molecular complexity index is 738. The SMILES string of the molecule is Cc1c(CN(C)C(=O)CCN(C)[C@H]2CCN(C)C2)[nH]c2ccccc12. The average Bonchev–Trinajstić information content (AvgIpc) is 3.17. The Morgan fingerprint density at radius 3 is 2.76 bits per heavy atom. The van der Waals surface area contributed by atoms with Gasteiger partial charge in [-0.15, -0.1) is 0 Å². The number of likely N-dealkylation sites (N-methyl/N-ethyl adjacent to an activating group) is 2. The molecule has 2 aromatic rings. The van der Waals surface area contributed by atoms with Gasteiger partial charge in [-0.1, -0.05) is 18.2 Å². The minimum atomic E-state index is 0.205. The van der Waals surface area contributed by atoms with Crippen molar-refractivity contribution in [3.63, 3.8) is 0 Å². The van der Waals surface area contributed by atoms with Crippen LogP contribution < -0.4 is 0 Å². The molecule has 1 atom stereocenters. The fraction of sp³-hybridized carbons (Fsp3) is 0.550. The summed E-state index contributed by atoms with van der Waals surface area (Å²) in [7, 11) is 6.20. The normalized spacial score (nSPS) is 18.4. The number of aromatic nitrogens is 1. The first-order valence-corrected chi connectivity index (χ1v) is 9.14. The molecule has 5 nitrogen and oxygen atoms in total. The summed E-state index contributed by atoms with van der Waals surface area (Å²) in [5.74, 6) is 0.205. The largest absolute Gasteiger partial charge is 0.357 e. The molecule has 1 N–H and O–H groups in total. The summed E-state index contributed by atoms with van der Waals surface area (Å²) in [6.45, 7) is 5.84. The maximum Gasteiger partial charge on any atom is 0.223 e. The molecule has 136 valence electrons. The zero-order valence-electron chi connectivity index (χ0n) is 15.9. The number of nitrogens with one attached hydrogen (secondary N) is 1. The predicted octanol–water partition coefficient (Wildman–Crippen LogP) is 2.46. The van der Waals surface area contributed by atoms with Gasteiger partial charge >= 0.3 is 0 Å². The molecule has 0 spiro atoms. The number of benzene rings is 1. The second-order valence-corrected chi connectivity index (χ2v) is 7.46. The summed E-state index contributed by atoms with van der Waals surface area (Å²) < 4.78 is 0. The van der Waals surface area contributed by atoms with Gasteiger partial charge in [-0.05, 0) is 45.6 Å². The van der Waals surface area contributed by atoms with Crippen LogP contribution in [0, 0.1) is 6.92 Å². The number of carbonyl (C=O) groups excluding carboxylic acids is 1. The number of fused-ring (bicyclic) bond motifs is 1. The number of H-pyrrole nitrogens is 1. The molecule has 1 aromatic heterocycles. The highest BCUT2D eigenvalue weighted by molar-refractivity contribution is 5.84. The van der Waals surface area contributed by atoms with Crippen LogP contribution in [0.2, 0.25) is 0 Å².